The van der Waals surface area contributed by atoms with Crippen LogP contribution in [0.2, 0.25) is 10.0 Å². The molecule has 194 valence electrons. The molecule has 1 aromatic rings. The van der Waals surface area contributed by atoms with Gasteiger partial charge in [-0.25, -0.2) is 0 Å². The van der Waals surface area contributed by atoms with Crippen molar-refractivity contribution < 1.29 is 9.53 Å². The number of carbonyl (C=O) groups excluding carboxylic acids is 1. The lowest BCUT2D eigenvalue weighted by molar-refractivity contribution is -0.119. The average molecular weight is 532 g/mol. The number of unbranched alkanes of at least 4 members (excludes halogenated alkanes) is 13. The molecule has 34 heavy (non-hydrogen) atoms. The Balaban J connectivity index is 1.87. The molecule has 1 amide bonds. The summed E-state index contributed by atoms with van der Waals surface area (Å²) in [6.07, 6.45) is 19.7. The second kappa shape index (κ2) is 21.3. The van der Waals surface area contributed by atoms with E-state index in [0.717, 1.165) is 13.0 Å². The number of hydrogen-bond donors (Lipinski definition) is 2. The molecule has 1 aromatic carbocycles. The van der Waals surface area contributed by atoms with Gasteiger partial charge in [0.15, 0.2) is 5.11 Å². The molecule has 1 rings (SSSR count). The first-order valence-corrected chi connectivity index (χ1v) is 14.3. The number of benzene rings is 1. The van der Waals surface area contributed by atoms with Crippen molar-refractivity contribution in [3.63, 3.8) is 0 Å². The van der Waals surface area contributed by atoms with Crippen LogP contribution >= 0.6 is 35.4 Å². The summed E-state index contributed by atoms with van der Waals surface area (Å²) in [5, 5.41) is 7.28. The third kappa shape index (κ3) is 17.4. The third-order valence-corrected chi connectivity index (χ3v) is 6.55. The second-order valence-electron chi connectivity index (χ2n) is 8.93. The number of ether oxygens (including phenoxy) is 1. The lowest BCUT2D eigenvalue weighted by atomic mass is 10.0. The quantitative estimate of drug-likeness (QED) is 0.131. The first-order valence-electron chi connectivity index (χ1n) is 13.2. The van der Waals surface area contributed by atoms with E-state index in [2.05, 4.69) is 17.6 Å². The van der Waals surface area contributed by atoms with Gasteiger partial charge >= 0.3 is 0 Å². The number of nitrogens with one attached hydrogen (secondary N) is 2. The van der Waals surface area contributed by atoms with E-state index in [4.69, 9.17) is 40.2 Å². The molecule has 0 saturated carbocycles. The number of carbonyl (C=O) groups is 1. The largest absolute Gasteiger partial charge is 0.492 e. The Morgan fingerprint density at radius 2 is 1.41 bits per heavy atom. The SMILES string of the molecule is CCCCCCCCCCCCCCCCNC(=S)NC(=O)CCCOc1ccc(Cl)cc1Cl. The fourth-order valence-electron chi connectivity index (χ4n) is 3.76. The van der Waals surface area contributed by atoms with Gasteiger partial charge in [0.2, 0.25) is 5.91 Å². The van der Waals surface area contributed by atoms with Crippen molar-refractivity contribution in [1.29, 1.82) is 0 Å². The van der Waals surface area contributed by atoms with Crippen molar-refractivity contribution in [1.82, 2.24) is 10.6 Å². The minimum atomic E-state index is -0.107. The Hall–Kier alpha value is -1.04. The lowest BCUT2D eigenvalue weighted by Gasteiger charge is -2.10. The van der Waals surface area contributed by atoms with Crippen LogP contribution in [-0.2, 0) is 4.79 Å². The van der Waals surface area contributed by atoms with Gasteiger partial charge in [-0.1, -0.05) is 114 Å². The predicted molar refractivity (Wildman–Crippen MR) is 150 cm³/mol. The van der Waals surface area contributed by atoms with Crippen LogP contribution in [0, 0.1) is 0 Å². The summed E-state index contributed by atoms with van der Waals surface area (Å²) in [6, 6.07) is 5.08. The van der Waals surface area contributed by atoms with E-state index in [9.17, 15) is 4.79 Å². The van der Waals surface area contributed by atoms with Crippen LogP contribution in [0.25, 0.3) is 0 Å². The van der Waals surface area contributed by atoms with Gasteiger partial charge in [-0.15, -0.1) is 0 Å². The average Bonchev–Trinajstić information content (AvgIpc) is 2.80. The van der Waals surface area contributed by atoms with Gasteiger partial charge < -0.3 is 15.4 Å². The van der Waals surface area contributed by atoms with Crippen LogP contribution in [0.5, 0.6) is 5.75 Å². The van der Waals surface area contributed by atoms with Crippen molar-refractivity contribution in [3.8, 4) is 5.75 Å². The minimum Gasteiger partial charge on any atom is -0.492 e. The topological polar surface area (TPSA) is 50.4 Å². The summed E-state index contributed by atoms with van der Waals surface area (Å²) >= 11 is 17.1. The highest BCUT2D eigenvalue weighted by atomic mass is 35.5. The molecule has 0 aliphatic rings. The van der Waals surface area contributed by atoms with E-state index >= 15 is 0 Å². The molecular weight excluding hydrogens is 487 g/mol. The monoisotopic (exact) mass is 530 g/mol. The predicted octanol–water partition coefficient (Wildman–Crippen LogP) is 8.62. The maximum Gasteiger partial charge on any atom is 0.226 e. The fraction of sp³-hybridized carbons (Fsp3) is 0.704. The van der Waals surface area contributed by atoms with E-state index in [0.29, 0.717) is 40.4 Å². The summed E-state index contributed by atoms with van der Waals surface area (Å²) in [6.45, 7) is 3.47. The number of thiocarbonyl (C=S) groups is 1. The van der Waals surface area contributed by atoms with Crippen LogP contribution in [0.4, 0.5) is 0 Å². The van der Waals surface area contributed by atoms with Gasteiger partial charge in [-0.3, -0.25) is 4.79 Å². The Bertz CT molecular complexity index is 689. The maximum atomic E-state index is 12.0. The molecule has 0 spiro atoms. The van der Waals surface area contributed by atoms with Crippen molar-refractivity contribution in [2.45, 2.75) is 110 Å². The fourth-order valence-corrected chi connectivity index (χ4v) is 4.44. The van der Waals surface area contributed by atoms with Gasteiger partial charge in [0.05, 0.1) is 11.6 Å². The molecule has 0 aliphatic carbocycles. The Labute approximate surface area is 222 Å². The number of rotatable bonds is 20. The zero-order chi connectivity index (χ0) is 24.9. The summed E-state index contributed by atoms with van der Waals surface area (Å²) in [4.78, 5) is 12.0. The molecule has 0 fully saturated rings. The maximum absolute atomic E-state index is 12.0. The molecule has 0 saturated heterocycles. The van der Waals surface area contributed by atoms with Gasteiger partial charge in [0, 0.05) is 18.0 Å². The molecule has 2 N–H and O–H groups in total. The van der Waals surface area contributed by atoms with Gasteiger partial charge in [0.25, 0.3) is 0 Å². The Kier molecular flexibility index (Phi) is 19.4. The number of amides is 1. The molecule has 0 radical (unpaired) electrons. The summed E-state index contributed by atoms with van der Waals surface area (Å²) in [5.41, 5.74) is 0. The standard InChI is InChI=1S/C27H44Cl2N2O2S/c1-2-3-4-5-6-7-8-9-10-11-12-13-14-15-20-30-27(34)31-26(32)17-16-21-33-25-19-18-23(28)22-24(25)29/h18-19,22H,2-17,20-21H2,1H3,(H2,30,31,32,34). The van der Waals surface area contributed by atoms with Crippen LogP contribution in [0.15, 0.2) is 18.2 Å². The highest BCUT2D eigenvalue weighted by molar-refractivity contribution is 7.80. The molecule has 0 atom stereocenters. The van der Waals surface area contributed by atoms with E-state index < -0.39 is 0 Å². The molecule has 0 unspecified atom stereocenters. The Morgan fingerprint density at radius 1 is 0.853 bits per heavy atom. The first kappa shape index (κ1) is 31.0. The van der Waals surface area contributed by atoms with E-state index in [1.54, 1.807) is 18.2 Å². The first-order chi connectivity index (χ1) is 16.5. The van der Waals surface area contributed by atoms with E-state index in [1.165, 1.54) is 83.5 Å². The van der Waals surface area contributed by atoms with Crippen LogP contribution in [0.1, 0.15) is 110 Å². The number of hydrogen-bond acceptors (Lipinski definition) is 3. The summed E-state index contributed by atoms with van der Waals surface area (Å²) in [5.74, 6) is 0.459. The van der Waals surface area contributed by atoms with E-state index in [1.807, 2.05) is 0 Å². The van der Waals surface area contributed by atoms with Gasteiger partial charge in [-0.05, 0) is 43.3 Å². The highest BCUT2D eigenvalue weighted by Crippen LogP contribution is 2.27. The smallest absolute Gasteiger partial charge is 0.226 e. The Morgan fingerprint density at radius 3 is 1.97 bits per heavy atom. The highest BCUT2D eigenvalue weighted by Gasteiger charge is 2.06. The molecule has 0 aromatic heterocycles. The second-order valence-corrected chi connectivity index (χ2v) is 10.2. The zero-order valence-corrected chi connectivity index (χ0v) is 23.3. The van der Waals surface area contributed by atoms with Crippen molar-refractivity contribution in [3.05, 3.63) is 28.2 Å². The molecule has 7 heteroatoms. The summed E-state index contributed by atoms with van der Waals surface area (Å²) in [7, 11) is 0. The molecule has 0 heterocycles. The third-order valence-electron chi connectivity index (χ3n) is 5.77. The zero-order valence-electron chi connectivity index (χ0n) is 20.9. The van der Waals surface area contributed by atoms with Gasteiger partial charge in [0.1, 0.15) is 5.75 Å². The molecular formula is C27H44Cl2N2O2S. The molecule has 4 nitrogen and oxygen atoms in total. The van der Waals surface area contributed by atoms with E-state index in [-0.39, 0.29) is 5.91 Å². The van der Waals surface area contributed by atoms with Crippen molar-refractivity contribution in [2.75, 3.05) is 13.2 Å². The van der Waals surface area contributed by atoms with Crippen molar-refractivity contribution in [2.24, 2.45) is 0 Å². The van der Waals surface area contributed by atoms with Crippen molar-refractivity contribution >= 4 is 46.4 Å². The van der Waals surface area contributed by atoms with Gasteiger partial charge in [-0.2, -0.15) is 0 Å². The molecule has 0 aliphatic heterocycles. The van der Waals surface area contributed by atoms with Crippen LogP contribution in [-0.4, -0.2) is 24.2 Å². The normalized spacial score (nSPS) is 10.8. The molecule has 0 bridgehead atoms. The lowest BCUT2D eigenvalue weighted by Crippen LogP contribution is -2.39. The van der Waals surface area contributed by atoms with Crippen LogP contribution in [0.3, 0.4) is 0 Å². The summed E-state index contributed by atoms with van der Waals surface area (Å²) < 4.78 is 5.59. The minimum absolute atomic E-state index is 0.107. The number of halogens is 2. The van der Waals surface area contributed by atoms with Crippen LogP contribution < -0.4 is 15.4 Å².